The van der Waals surface area contributed by atoms with Gasteiger partial charge in [-0.25, -0.2) is 9.78 Å². The van der Waals surface area contributed by atoms with Gasteiger partial charge in [0.1, 0.15) is 28.5 Å². The summed E-state index contributed by atoms with van der Waals surface area (Å²) < 4.78 is 12.3. The maximum absolute atomic E-state index is 13.4. The van der Waals surface area contributed by atoms with E-state index in [4.69, 9.17) is 20.2 Å². The molecule has 208 valence electrons. The molecule has 4 heterocycles. The Balaban J connectivity index is 1.62. The van der Waals surface area contributed by atoms with Crippen molar-refractivity contribution in [3.8, 4) is 22.6 Å². The molecule has 41 heavy (non-hydrogen) atoms. The van der Waals surface area contributed by atoms with E-state index in [9.17, 15) is 15.3 Å². The van der Waals surface area contributed by atoms with E-state index in [1.807, 2.05) is 41.8 Å². The summed E-state index contributed by atoms with van der Waals surface area (Å²) >= 11 is 5.10. The Morgan fingerprint density at radius 1 is 1.29 bits per heavy atom. The maximum atomic E-state index is 13.4. The van der Waals surface area contributed by atoms with Gasteiger partial charge in [-0.1, -0.05) is 36.0 Å². The Bertz CT molecular complexity index is 1650. The molecule has 2 aliphatic heterocycles. The molecule has 0 saturated carbocycles. The van der Waals surface area contributed by atoms with Crippen molar-refractivity contribution in [3.63, 3.8) is 0 Å². The molecular weight excluding hydrogens is 669 g/mol. The first kappa shape index (κ1) is 29.1. The van der Waals surface area contributed by atoms with Gasteiger partial charge in [-0.15, -0.1) is 11.3 Å². The zero-order valence-electron chi connectivity index (χ0n) is 22.4. The number of pyridine rings is 1. The van der Waals surface area contributed by atoms with Crippen molar-refractivity contribution in [1.82, 2.24) is 9.88 Å². The number of thioether (sulfide) groups is 1. The molecule has 5 rings (SSSR count). The van der Waals surface area contributed by atoms with Gasteiger partial charge in [-0.2, -0.15) is 10.5 Å². The number of fused-ring (bicyclic) bond motifs is 1. The number of aromatic nitrogens is 1. The number of nitrogens with two attached hydrogens (primary N) is 1. The van der Waals surface area contributed by atoms with Crippen LogP contribution in [0, 0.1) is 26.2 Å². The first-order valence-electron chi connectivity index (χ1n) is 12.9. The van der Waals surface area contributed by atoms with E-state index < -0.39 is 11.9 Å². The number of nitrogens with zero attached hydrogens (tertiary/aromatic N) is 4. The van der Waals surface area contributed by atoms with Gasteiger partial charge in [0.05, 0.1) is 29.4 Å². The molecule has 1 atom stereocenters. The second kappa shape index (κ2) is 12.7. The molecule has 0 radical (unpaired) electrons. The lowest BCUT2D eigenvalue weighted by Crippen LogP contribution is -2.28. The SMILES string of the molecule is CCOC(=O)C1=C(CSc2nc3c(c(-c4cccs4)c2C#N)CN(C)CC3)OC(N)=C(C#N)[C@@H]1c1ccccc1I. The Kier molecular flexibility index (Phi) is 9.00. The number of nitriles is 2. The lowest BCUT2D eigenvalue weighted by Gasteiger charge is -2.29. The van der Waals surface area contributed by atoms with Gasteiger partial charge in [-0.3, -0.25) is 0 Å². The third kappa shape index (κ3) is 5.72. The number of likely N-dealkylation sites (N-methyl/N-ethyl adjacent to an activating group) is 1. The largest absolute Gasteiger partial charge is 0.463 e. The fourth-order valence-corrected chi connectivity index (χ4v) is 7.54. The quantitative estimate of drug-likeness (QED) is 0.189. The van der Waals surface area contributed by atoms with E-state index in [-0.39, 0.29) is 35.1 Å². The van der Waals surface area contributed by atoms with Crippen molar-refractivity contribution >= 4 is 51.7 Å². The van der Waals surface area contributed by atoms with Crippen LogP contribution >= 0.6 is 45.7 Å². The van der Waals surface area contributed by atoms with Gasteiger partial charge in [-0.05, 0) is 65.2 Å². The normalized spacial score (nSPS) is 17.0. The number of benzene rings is 1. The summed E-state index contributed by atoms with van der Waals surface area (Å²) in [7, 11) is 2.07. The molecule has 0 saturated heterocycles. The lowest BCUT2D eigenvalue weighted by molar-refractivity contribution is -0.139. The molecule has 0 bridgehead atoms. The minimum atomic E-state index is -0.749. The average Bonchev–Trinajstić information content (AvgIpc) is 3.50. The van der Waals surface area contributed by atoms with Crippen LogP contribution in [0.5, 0.6) is 0 Å². The third-order valence-corrected chi connectivity index (χ3v) is 9.78. The van der Waals surface area contributed by atoms with Gasteiger partial charge < -0.3 is 20.1 Å². The summed E-state index contributed by atoms with van der Waals surface area (Å²) in [6.07, 6.45) is 0.770. The number of carbonyl (C=O) groups excluding carboxylic acids is 1. The highest BCUT2D eigenvalue weighted by molar-refractivity contribution is 14.1. The topological polar surface area (TPSA) is 125 Å². The number of thiophene rings is 1. The average molecular weight is 696 g/mol. The Morgan fingerprint density at radius 3 is 2.78 bits per heavy atom. The standard InChI is InChI=1S/C30H26IN5O3S2/c1-3-38-30(37)27-23(39-28(34)18(13-32)26(27)17-7-4-5-8-21(17)31)16-41-29-19(14-33)25(24-9-6-12-40-24)20-15-36(2)11-10-22(20)35-29/h4-9,12,26H,3,10-11,15-16,34H2,1-2H3/t26-/m0/s1. The first-order valence-corrected chi connectivity index (χ1v) is 15.9. The van der Waals surface area contributed by atoms with E-state index >= 15 is 0 Å². The molecule has 0 unspecified atom stereocenters. The van der Waals surface area contributed by atoms with Gasteiger partial charge in [0.15, 0.2) is 0 Å². The molecule has 2 N–H and O–H groups in total. The monoisotopic (exact) mass is 695 g/mol. The summed E-state index contributed by atoms with van der Waals surface area (Å²) in [6.45, 7) is 3.47. The van der Waals surface area contributed by atoms with E-state index in [2.05, 4.69) is 46.7 Å². The zero-order valence-corrected chi connectivity index (χ0v) is 26.2. The Morgan fingerprint density at radius 2 is 2.10 bits per heavy atom. The fourth-order valence-electron chi connectivity index (χ4n) is 5.08. The highest BCUT2D eigenvalue weighted by atomic mass is 127. The highest BCUT2D eigenvalue weighted by Crippen LogP contribution is 2.44. The first-order chi connectivity index (χ1) is 19.9. The van der Waals surface area contributed by atoms with Crippen molar-refractivity contribution in [2.24, 2.45) is 5.73 Å². The molecule has 0 spiro atoms. The second-order valence-corrected chi connectivity index (χ2v) is 12.5. The van der Waals surface area contributed by atoms with Crippen LogP contribution in [0.25, 0.3) is 10.4 Å². The number of allylic oxidation sites excluding steroid dienone is 1. The van der Waals surface area contributed by atoms with Gasteiger partial charge in [0.2, 0.25) is 5.88 Å². The molecule has 0 aliphatic carbocycles. The van der Waals surface area contributed by atoms with E-state index in [0.29, 0.717) is 17.1 Å². The number of rotatable bonds is 7. The number of carbonyl (C=O) groups is 1. The van der Waals surface area contributed by atoms with Gasteiger partial charge >= 0.3 is 5.97 Å². The van der Waals surface area contributed by atoms with Crippen LogP contribution in [0.4, 0.5) is 0 Å². The van der Waals surface area contributed by atoms with Crippen molar-refractivity contribution in [2.45, 2.75) is 30.8 Å². The predicted octanol–water partition coefficient (Wildman–Crippen LogP) is 5.69. The smallest absolute Gasteiger partial charge is 0.338 e. The minimum Gasteiger partial charge on any atom is -0.463 e. The Labute approximate surface area is 260 Å². The molecule has 8 nitrogen and oxygen atoms in total. The van der Waals surface area contributed by atoms with Crippen molar-refractivity contribution in [2.75, 3.05) is 26.0 Å². The zero-order chi connectivity index (χ0) is 29.1. The summed E-state index contributed by atoms with van der Waals surface area (Å²) in [5.74, 6) is -0.926. The van der Waals surface area contributed by atoms with Gasteiger partial charge in [0.25, 0.3) is 0 Å². The number of halogens is 1. The minimum absolute atomic E-state index is 0.0537. The van der Waals surface area contributed by atoms with Crippen LogP contribution in [0.1, 0.15) is 35.2 Å². The van der Waals surface area contributed by atoms with Crippen molar-refractivity contribution in [1.29, 1.82) is 10.5 Å². The molecule has 2 aliphatic rings. The number of ether oxygens (including phenoxy) is 2. The highest BCUT2D eigenvalue weighted by Gasteiger charge is 2.38. The van der Waals surface area contributed by atoms with Crippen molar-refractivity contribution in [3.05, 3.63) is 90.5 Å². The number of hydrogen-bond acceptors (Lipinski definition) is 10. The van der Waals surface area contributed by atoms with Gasteiger partial charge in [0, 0.05) is 39.2 Å². The maximum Gasteiger partial charge on any atom is 0.338 e. The van der Waals surface area contributed by atoms with E-state index in [0.717, 1.165) is 43.8 Å². The van der Waals surface area contributed by atoms with Crippen LogP contribution in [-0.4, -0.2) is 41.8 Å². The molecular formula is C30H26IN5O3S2. The predicted molar refractivity (Wildman–Crippen MR) is 166 cm³/mol. The van der Waals surface area contributed by atoms with Crippen LogP contribution < -0.4 is 5.73 Å². The summed E-state index contributed by atoms with van der Waals surface area (Å²) in [5.41, 5.74) is 10.9. The lowest BCUT2D eigenvalue weighted by atomic mass is 9.83. The molecule has 1 aromatic carbocycles. The number of esters is 1. The van der Waals surface area contributed by atoms with Crippen molar-refractivity contribution < 1.29 is 14.3 Å². The summed E-state index contributed by atoms with van der Waals surface area (Å²) in [6, 6.07) is 16.1. The fraction of sp³-hybridized carbons (Fsp3) is 0.267. The third-order valence-electron chi connectivity index (χ3n) is 6.94. The molecule has 0 amide bonds. The molecule has 11 heteroatoms. The summed E-state index contributed by atoms with van der Waals surface area (Å²) in [4.78, 5) is 21.6. The van der Waals surface area contributed by atoms with E-state index in [1.54, 1.807) is 18.3 Å². The van der Waals surface area contributed by atoms with E-state index in [1.165, 1.54) is 11.8 Å². The molecule has 2 aromatic heterocycles. The molecule has 0 fully saturated rings. The van der Waals surface area contributed by atoms with Crippen LogP contribution in [0.3, 0.4) is 0 Å². The summed E-state index contributed by atoms with van der Waals surface area (Å²) in [5, 5.41) is 22.9. The van der Waals surface area contributed by atoms with Crippen LogP contribution in [-0.2, 0) is 27.2 Å². The number of hydrogen-bond donors (Lipinski definition) is 1. The second-order valence-electron chi connectivity index (χ2n) is 9.46. The van der Waals surface area contributed by atoms with Crippen LogP contribution in [0.2, 0.25) is 0 Å². The molecule has 3 aromatic rings. The Hall–Kier alpha value is -3.36. The van der Waals surface area contributed by atoms with Crippen LogP contribution in [0.15, 0.2) is 69.6 Å².